The van der Waals surface area contributed by atoms with Crippen LogP contribution in [0.5, 0.6) is 0 Å². The van der Waals surface area contributed by atoms with Crippen molar-refractivity contribution < 1.29 is 19.1 Å². The molecule has 3 aliphatic rings. The van der Waals surface area contributed by atoms with Gasteiger partial charge in [0.15, 0.2) is 0 Å². The van der Waals surface area contributed by atoms with E-state index in [0.29, 0.717) is 11.1 Å². The van der Waals surface area contributed by atoms with Crippen molar-refractivity contribution in [2.75, 3.05) is 0 Å². The molecular formula is C22H23ClFN3O3. The van der Waals surface area contributed by atoms with Gasteiger partial charge in [0, 0.05) is 40.6 Å². The maximum atomic E-state index is 13.9. The van der Waals surface area contributed by atoms with Crippen LogP contribution in [-0.2, 0) is 16.0 Å². The van der Waals surface area contributed by atoms with Crippen LogP contribution in [0.3, 0.4) is 0 Å². The van der Waals surface area contributed by atoms with E-state index in [1.807, 2.05) is 12.3 Å². The first kappa shape index (κ1) is 21.8. The number of nitrogens with zero attached hydrogens (tertiary/aromatic N) is 2. The number of halogens is 2. The van der Waals surface area contributed by atoms with Crippen molar-refractivity contribution >= 4 is 24.0 Å². The molecule has 1 aromatic rings. The molecule has 2 aliphatic heterocycles. The lowest BCUT2D eigenvalue weighted by atomic mass is 9.90. The van der Waals surface area contributed by atoms with E-state index in [2.05, 4.69) is 33.2 Å². The summed E-state index contributed by atoms with van der Waals surface area (Å²) in [4.78, 5) is 25.2. The van der Waals surface area contributed by atoms with Gasteiger partial charge in [-0.3, -0.25) is 9.59 Å². The van der Waals surface area contributed by atoms with Crippen LogP contribution >= 0.6 is 11.6 Å². The summed E-state index contributed by atoms with van der Waals surface area (Å²) in [5.41, 5.74) is 1.41. The number of benzene rings is 1. The predicted octanol–water partition coefficient (Wildman–Crippen LogP) is 4.32. The first-order valence-electron chi connectivity index (χ1n) is 9.75. The molecule has 1 aliphatic carbocycles. The number of rotatable bonds is 4. The number of fused-ring (bicyclic) bond motifs is 1. The summed E-state index contributed by atoms with van der Waals surface area (Å²) in [6, 6.07) is 11.1. The Bertz CT molecular complexity index is 950. The Morgan fingerprint density at radius 2 is 1.97 bits per heavy atom. The lowest BCUT2D eigenvalue weighted by Crippen LogP contribution is -2.39. The summed E-state index contributed by atoms with van der Waals surface area (Å²) in [6.45, 7) is -0.250. The van der Waals surface area contributed by atoms with Crippen LogP contribution in [0.4, 0.5) is 4.39 Å². The van der Waals surface area contributed by atoms with E-state index >= 15 is 0 Å². The molecule has 2 heterocycles. The molecule has 1 fully saturated rings. The van der Waals surface area contributed by atoms with Crippen molar-refractivity contribution in [1.29, 1.82) is 0 Å². The molecule has 0 unspecified atom stereocenters. The van der Waals surface area contributed by atoms with E-state index in [1.54, 1.807) is 12.1 Å². The molecule has 0 saturated heterocycles. The highest BCUT2D eigenvalue weighted by atomic mass is 35.5. The van der Waals surface area contributed by atoms with Crippen LogP contribution < -0.4 is 5.32 Å². The summed E-state index contributed by atoms with van der Waals surface area (Å²) in [7, 11) is 0. The molecule has 2 N–H and O–H groups in total. The average molecular weight is 432 g/mol. The van der Waals surface area contributed by atoms with Gasteiger partial charge in [0.05, 0.1) is 6.42 Å². The number of pyridine rings is 1. The van der Waals surface area contributed by atoms with Crippen molar-refractivity contribution in [2.24, 2.45) is 0 Å². The number of amides is 1. The van der Waals surface area contributed by atoms with Crippen molar-refractivity contribution in [1.82, 2.24) is 14.9 Å². The summed E-state index contributed by atoms with van der Waals surface area (Å²) in [5, 5.41) is 10.2. The normalized spacial score (nSPS) is 18.3. The van der Waals surface area contributed by atoms with E-state index in [1.165, 1.54) is 6.07 Å². The highest BCUT2D eigenvalue weighted by molar-refractivity contribution is 6.31. The van der Waals surface area contributed by atoms with Crippen LogP contribution in [-0.4, -0.2) is 33.1 Å². The van der Waals surface area contributed by atoms with E-state index < -0.39 is 5.82 Å². The average Bonchev–Trinajstić information content (AvgIpc) is 3.21. The number of carbonyl (C=O) groups is 2. The van der Waals surface area contributed by atoms with Gasteiger partial charge in [0.2, 0.25) is 5.91 Å². The van der Waals surface area contributed by atoms with Crippen molar-refractivity contribution in [3.8, 4) is 11.4 Å². The molecular weight excluding hydrogens is 409 g/mol. The van der Waals surface area contributed by atoms with Gasteiger partial charge < -0.3 is 15.0 Å². The third-order valence-electron chi connectivity index (χ3n) is 5.33. The Morgan fingerprint density at radius 1 is 1.23 bits per heavy atom. The molecule has 1 amide bonds. The molecule has 30 heavy (non-hydrogen) atoms. The quantitative estimate of drug-likeness (QED) is 0.602. The van der Waals surface area contributed by atoms with Gasteiger partial charge in [0.25, 0.3) is 6.47 Å². The number of nitrogens with one attached hydrogen (secondary N) is 1. The van der Waals surface area contributed by atoms with Crippen LogP contribution in [0.25, 0.3) is 11.4 Å². The minimum atomic E-state index is -0.437. The number of carboxylic acid groups (broad SMARTS) is 1. The Hall–Kier alpha value is -2.93. The van der Waals surface area contributed by atoms with Gasteiger partial charge in [-0.2, -0.15) is 0 Å². The fourth-order valence-electron chi connectivity index (χ4n) is 3.93. The second-order valence-electron chi connectivity index (χ2n) is 7.19. The summed E-state index contributed by atoms with van der Waals surface area (Å²) >= 11 is 6.01. The second kappa shape index (κ2) is 10.2. The van der Waals surface area contributed by atoms with Gasteiger partial charge in [-0.1, -0.05) is 17.7 Å². The zero-order valence-electron chi connectivity index (χ0n) is 16.3. The highest BCUT2D eigenvalue weighted by Crippen LogP contribution is 2.32. The second-order valence-corrected chi connectivity index (χ2v) is 7.60. The standard InChI is InChI=1S/C21H21ClFN3O.CH2O2/c22-18-4-1-5-19(23)17(18)13-20(27)25-15-6-8-16(9-7-15)26-12-2-3-14-10-11-24-21(14)26;2-1-3/h1-5,10-12,15-16H,6-9,13H2,(H,25,27);1H,(H,2,3). The Kier molecular flexibility index (Phi) is 7.41. The summed E-state index contributed by atoms with van der Waals surface area (Å²) < 4.78 is 16.1. The van der Waals surface area contributed by atoms with Gasteiger partial charge >= 0.3 is 0 Å². The van der Waals surface area contributed by atoms with Crippen LogP contribution in [0.15, 0.2) is 48.8 Å². The molecule has 0 aromatic heterocycles. The van der Waals surface area contributed by atoms with Gasteiger partial charge in [-0.05, 0) is 56.0 Å². The topological polar surface area (TPSA) is 84.2 Å². The number of aromatic nitrogens is 2. The third kappa shape index (κ3) is 5.16. The fourth-order valence-corrected chi connectivity index (χ4v) is 4.16. The van der Waals surface area contributed by atoms with E-state index in [0.717, 1.165) is 37.1 Å². The number of hydrogen-bond acceptors (Lipinski definition) is 3. The van der Waals surface area contributed by atoms with E-state index in [9.17, 15) is 9.18 Å². The van der Waals surface area contributed by atoms with E-state index in [4.69, 9.17) is 21.5 Å². The number of hydrogen-bond donors (Lipinski definition) is 2. The molecule has 6 nitrogen and oxygen atoms in total. The van der Waals surface area contributed by atoms with Crippen molar-refractivity contribution in [3.05, 3.63) is 65.2 Å². The summed E-state index contributed by atoms with van der Waals surface area (Å²) in [6.07, 6.45) is 7.62. The zero-order chi connectivity index (χ0) is 21.5. The first-order chi connectivity index (χ1) is 14.5. The minimum absolute atomic E-state index is 0.0308. The van der Waals surface area contributed by atoms with Crippen LogP contribution in [0, 0.1) is 5.82 Å². The minimum Gasteiger partial charge on any atom is -0.483 e. The van der Waals surface area contributed by atoms with Gasteiger partial charge in [0.1, 0.15) is 11.6 Å². The Labute approximate surface area is 179 Å². The van der Waals surface area contributed by atoms with Gasteiger partial charge in [-0.15, -0.1) is 0 Å². The molecule has 0 spiro atoms. The SMILES string of the molecule is O=C(Cc1c(F)cccc1Cl)NC1CCC(n2cccc3ccnc2-3)CC1.O=CO. The lowest BCUT2D eigenvalue weighted by molar-refractivity contribution is -0.123. The molecule has 1 saturated carbocycles. The molecule has 8 heteroatoms. The molecule has 0 atom stereocenters. The van der Waals surface area contributed by atoms with Crippen molar-refractivity contribution in [3.63, 3.8) is 0 Å². The highest BCUT2D eigenvalue weighted by Gasteiger charge is 2.25. The van der Waals surface area contributed by atoms with Crippen LogP contribution in [0.1, 0.15) is 37.3 Å². The fraction of sp³-hybridized carbons (Fsp3) is 0.318. The van der Waals surface area contributed by atoms with Crippen molar-refractivity contribution in [2.45, 2.75) is 44.2 Å². The largest absolute Gasteiger partial charge is 0.483 e. The van der Waals surface area contributed by atoms with Crippen LogP contribution in [0.2, 0.25) is 5.02 Å². The summed E-state index contributed by atoms with van der Waals surface area (Å²) in [5.74, 6) is 0.394. The third-order valence-corrected chi connectivity index (χ3v) is 5.68. The zero-order valence-corrected chi connectivity index (χ0v) is 17.1. The first-order valence-corrected chi connectivity index (χ1v) is 10.1. The predicted molar refractivity (Wildman–Crippen MR) is 112 cm³/mol. The Balaban J connectivity index is 0.000000806. The molecule has 4 rings (SSSR count). The maximum absolute atomic E-state index is 13.9. The smallest absolute Gasteiger partial charge is 0.290 e. The van der Waals surface area contributed by atoms with Gasteiger partial charge in [-0.25, -0.2) is 9.37 Å². The molecule has 1 aromatic carbocycles. The van der Waals surface area contributed by atoms with E-state index in [-0.39, 0.29) is 30.4 Å². The molecule has 158 valence electrons. The molecule has 0 bridgehead atoms. The maximum Gasteiger partial charge on any atom is 0.290 e. The Morgan fingerprint density at radius 3 is 2.67 bits per heavy atom. The lowest BCUT2D eigenvalue weighted by Gasteiger charge is -2.31. The molecule has 0 radical (unpaired) electrons. The monoisotopic (exact) mass is 431 g/mol. The number of carbonyl (C=O) groups excluding carboxylic acids is 1.